The molecule has 3 aliphatic heterocycles. The summed E-state index contributed by atoms with van der Waals surface area (Å²) in [5.74, 6) is -0.967. The van der Waals surface area contributed by atoms with Crippen molar-refractivity contribution in [2.45, 2.75) is 86.8 Å². The number of fused-ring (bicyclic) bond motifs is 1. The Hall–Kier alpha value is -2.58. The number of likely N-dealkylation sites (tertiary alicyclic amines) is 1. The Balaban J connectivity index is 1.53. The van der Waals surface area contributed by atoms with Crippen molar-refractivity contribution in [2.75, 3.05) is 31.1 Å². The molecule has 1 N–H and O–H groups in total. The highest BCUT2D eigenvalue weighted by molar-refractivity contribution is 8.02. The number of anilines is 1. The molecule has 4 fully saturated rings. The van der Waals surface area contributed by atoms with Gasteiger partial charge in [-0.05, 0) is 56.6 Å². The van der Waals surface area contributed by atoms with Crippen LogP contribution in [-0.4, -0.2) is 80.9 Å². The van der Waals surface area contributed by atoms with Crippen molar-refractivity contribution in [2.24, 2.45) is 17.8 Å². The molecule has 7 nitrogen and oxygen atoms in total. The van der Waals surface area contributed by atoms with Crippen molar-refractivity contribution in [1.29, 1.82) is 0 Å². The van der Waals surface area contributed by atoms with E-state index in [1.165, 1.54) is 6.42 Å². The lowest BCUT2D eigenvalue weighted by atomic mass is 9.65. The topological polar surface area (TPSA) is 81.2 Å². The van der Waals surface area contributed by atoms with E-state index in [1.807, 2.05) is 46.2 Å². The lowest BCUT2D eigenvalue weighted by molar-refractivity contribution is -0.144. The van der Waals surface area contributed by atoms with E-state index in [0.717, 1.165) is 50.6 Å². The molecule has 1 spiro atoms. The van der Waals surface area contributed by atoms with Gasteiger partial charge in [0.15, 0.2) is 0 Å². The van der Waals surface area contributed by atoms with Crippen molar-refractivity contribution < 1.29 is 19.5 Å². The molecule has 3 unspecified atom stereocenters. The summed E-state index contributed by atoms with van der Waals surface area (Å²) in [5, 5.41) is 9.35. The molecule has 1 aromatic carbocycles. The fourth-order valence-electron chi connectivity index (χ4n) is 8.24. The van der Waals surface area contributed by atoms with Gasteiger partial charge in [0.1, 0.15) is 6.04 Å². The van der Waals surface area contributed by atoms with Crippen molar-refractivity contribution >= 4 is 35.2 Å². The van der Waals surface area contributed by atoms with Crippen LogP contribution in [0.4, 0.5) is 5.69 Å². The zero-order chi connectivity index (χ0) is 29.9. The van der Waals surface area contributed by atoms with Crippen LogP contribution >= 0.6 is 11.8 Å². The monoisotopic (exact) mass is 593 g/mol. The molecule has 6 atom stereocenters. The maximum Gasteiger partial charge on any atom is 0.247 e. The lowest BCUT2D eigenvalue weighted by Crippen LogP contribution is -2.59. The fraction of sp³-hybridized carbons (Fsp3) is 0.618. The normalized spacial score (nSPS) is 30.3. The van der Waals surface area contributed by atoms with Crippen molar-refractivity contribution in [3.63, 3.8) is 0 Å². The summed E-state index contributed by atoms with van der Waals surface area (Å²) >= 11 is 1.75. The Morgan fingerprint density at radius 2 is 1.76 bits per heavy atom. The van der Waals surface area contributed by atoms with Crippen LogP contribution in [-0.2, 0) is 14.4 Å². The summed E-state index contributed by atoms with van der Waals surface area (Å²) in [5.41, 5.74) is 0.797. The third-order valence-electron chi connectivity index (χ3n) is 10.1. The summed E-state index contributed by atoms with van der Waals surface area (Å²) < 4.78 is -0.638. The van der Waals surface area contributed by atoms with Gasteiger partial charge in [-0.15, -0.1) is 24.9 Å². The van der Waals surface area contributed by atoms with E-state index in [-0.39, 0.29) is 41.5 Å². The number of aliphatic hydroxyl groups excluding tert-OH is 1. The summed E-state index contributed by atoms with van der Waals surface area (Å²) in [7, 11) is 0. The number of nitrogens with zero attached hydrogens (tertiary/aromatic N) is 3. The standard InChI is InChI=1S/C34H47N3O4S/c1-4-19-35(25-15-9-6-10-16-25)31(39)28-27-23-24(3)34(42-27)29(28)32(40)37(21-13-8-14-22-38)30(34)33(41)36(20-5-2)26-17-11-7-12-18-26/h4-6,9-10,15-16,24,26-30,38H,1-2,7-8,11-14,17-23H2,3H3/t24?,27-,28+,29+,30?,34?/m1/s1. The van der Waals surface area contributed by atoms with Crippen molar-refractivity contribution in [3.8, 4) is 0 Å². The molecule has 4 aliphatic rings. The van der Waals surface area contributed by atoms with Crippen LogP contribution in [0, 0.1) is 17.8 Å². The lowest BCUT2D eigenvalue weighted by Gasteiger charge is -2.43. The van der Waals surface area contributed by atoms with Crippen LogP contribution in [0.15, 0.2) is 55.6 Å². The molecule has 1 aliphatic carbocycles. The van der Waals surface area contributed by atoms with E-state index in [0.29, 0.717) is 26.1 Å². The van der Waals surface area contributed by atoms with Crippen LogP contribution in [0.5, 0.6) is 0 Å². The Kier molecular flexibility index (Phi) is 9.83. The van der Waals surface area contributed by atoms with E-state index in [1.54, 1.807) is 22.7 Å². The van der Waals surface area contributed by atoms with Crippen LogP contribution in [0.1, 0.15) is 64.7 Å². The van der Waals surface area contributed by atoms with Gasteiger partial charge in [-0.25, -0.2) is 0 Å². The molecule has 228 valence electrons. The number of carbonyl (C=O) groups is 3. The average molecular weight is 594 g/mol. The third-order valence-corrected chi connectivity index (χ3v) is 12.2. The largest absolute Gasteiger partial charge is 0.396 e. The number of hydrogen-bond acceptors (Lipinski definition) is 5. The zero-order valence-electron chi connectivity index (χ0n) is 25.0. The summed E-state index contributed by atoms with van der Waals surface area (Å²) in [6, 6.07) is 9.17. The molecule has 0 radical (unpaired) electrons. The van der Waals surface area contributed by atoms with Crippen LogP contribution in [0.25, 0.3) is 0 Å². The molecule has 2 bridgehead atoms. The molecular formula is C34H47N3O4S. The maximum atomic E-state index is 14.8. The molecular weight excluding hydrogens is 546 g/mol. The second-order valence-electron chi connectivity index (χ2n) is 12.5. The number of thioether (sulfide) groups is 1. The van der Waals surface area contributed by atoms with Gasteiger partial charge in [-0.3, -0.25) is 14.4 Å². The average Bonchev–Trinajstić information content (AvgIpc) is 3.60. The van der Waals surface area contributed by atoms with Crippen molar-refractivity contribution in [1.82, 2.24) is 9.80 Å². The van der Waals surface area contributed by atoms with Crippen LogP contribution < -0.4 is 4.90 Å². The Morgan fingerprint density at radius 1 is 1.05 bits per heavy atom. The highest BCUT2D eigenvalue weighted by atomic mass is 32.2. The first kappa shape index (κ1) is 30.9. The Labute approximate surface area is 255 Å². The molecule has 3 heterocycles. The number of unbranched alkanes of at least 4 members (excludes halogenated alkanes) is 2. The van der Waals surface area contributed by atoms with E-state index in [2.05, 4.69) is 20.1 Å². The second-order valence-corrected chi connectivity index (χ2v) is 14.1. The van der Waals surface area contributed by atoms with Crippen LogP contribution in [0.3, 0.4) is 0 Å². The molecule has 3 amide bonds. The minimum Gasteiger partial charge on any atom is -0.396 e. The first-order valence-electron chi connectivity index (χ1n) is 15.9. The summed E-state index contributed by atoms with van der Waals surface area (Å²) in [6.07, 6.45) is 11.9. The van der Waals surface area contributed by atoms with Gasteiger partial charge in [-0.2, -0.15) is 0 Å². The Morgan fingerprint density at radius 3 is 2.43 bits per heavy atom. The van der Waals surface area contributed by atoms with Crippen LogP contribution in [0.2, 0.25) is 0 Å². The predicted octanol–water partition coefficient (Wildman–Crippen LogP) is 5.05. The first-order chi connectivity index (χ1) is 20.4. The fourth-order valence-corrected chi connectivity index (χ4v) is 10.6. The van der Waals surface area contributed by atoms with Gasteiger partial charge in [0, 0.05) is 43.2 Å². The summed E-state index contributed by atoms with van der Waals surface area (Å²) in [6.45, 7) is 11.5. The van der Waals surface area contributed by atoms with Gasteiger partial charge < -0.3 is 19.8 Å². The minimum atomic E-state index is -0.638. The van der Waals surface area contributed by atoms with E-state index in [4.69, 9.17) is 0 Å². The van der Waals surface area contributed by atoms with Gasteiger partial charge in [-0.1, -0.05) is 56.5 Å². The van der Waals surface area contributed by atoms with E-state index < -0.39 is 22.6 Å². The number of amides is 3. The Bertz CT molecular complexity index is 1150. The van der Waals surface area contributed by atoms with Gasteiger partial charge in [0.2, 0.25) is 17.7 Å². The highest BCUT2D eigenvalue weighted by Gasteiger charge is 2.76. The van der Waals surface area contributed by atoms with Crippen molar-refractivity contribution in [3.05, 3.63) is 55.6 Å². The van der Waals surface area contributed by atoms with E-state index >= 15 is 0 Å². The quantitative estimate of drug-likeness (QED) is 0.256. The zero-order valence-corrected chi connectivity index (χ0v) is 25.9. The molecule has 1 aromatic rings. The maximum absolute atomic E-state index is 14.8. The van der Waals surface area contributed by atoms with E-state index in [9.17, 15) is 19.5 Å². The molecule has 0 aromatic heterocycles. The number of rotatable bonds is 13. The summed E-state index contributed by atoms with van der Waals surface area (Å²) in [4.78, 5) is 49.4. The number of aliphatic hydroxyl groups is 1. The number of para-hydroxylation sites is 1. The SMILES string of the molecule is C=CCN(C(=O)[C@@H]1[C@H]2C(=O)N(CCCCCO)C(C(=O)N(CC=C)C3CCCCC3)C23S[C@@H]1CC3C)c1ccccc1. The predicted molar refractivity (Wildman–Crippen MR) is 169 cm³/mol. The number of benzene rings is 1. The molecule has 8 heteroatoms. The molecule has 5 rings (SSSR count). The molecule has 42 heavy (non-hydrogen) atoms. The third kappa shape index (κ3) is 5.34. The van der Waals surface area contributed by atoms with Gasteiger partial charge in [0.25, 0.3) is 0 Å². The number of carbonyl (C=O) groups excluding carboxylic acids is 3. The molecule has 1 saturated carbocycles. The van der Waals surface area contributed by atoms with Gasteiger partial charge in [0.05, 0.1) is 16.6 Å². The minimum absolute atomic E-state index is 0.00755. The first-order valence-corrected chi connectivity index (χ1v) is 16.8. The highest BCUT2D eigenvalue weighted by Crippen LogP contribution is 2.69. The smallest absolute Gasteiger partial charge is 0.247 e. The molecule has 3 saturated heterocycles. The van der Waals surface area contributed by atoms with Gasteiger partial charge >= 0.3 is 0 Å². The number of hydrogen-bond donors (Lipinski definition) is 1. The second kappa shape index (κ2) is 13.4.